The quantitative estimate of drug-likeness (QED) is 0.295. The SMILES string of the molecule is CC(C)c1cc(-c2cc(C(C)C)c(OCC3OC3C)c(C(C)C)c2)cc(C(C)C)c1OCC1OC1C. The lowest BCUT2D eigenvalue weighted by atomic mass is 9.86. The molecular formula is C32H46O4. The number of hydrogen-bond acceptors (Lipinski definition) is 4. The van der Waals surface area contributed by atoms with Gasteiger partial charge in [0.15, 0.2) is 0 Å². The molecular weight excluding hydrogens is 448 g/mol. The first-order chi connectivity index (χ1) is 17.0. The summed E-state index contributed by atoms with van der Waals surface area (Å²) in [7, 11) is 0. The smallest absolute Gasteiger partial charge is 0.126 e. The summed E-state index contributed by atoms with van der Waals surface area (Å²) in [5.74, 6) is 3.50. The van der Waals surface area contributed by atoms with Crippen LogP contribution in [0.1, 0.15) is 115 Å². The zero-order valence-electron chi connectivity index (χ0n) is 24.0. The van der Waals surface area contributed by atoms with Gasteiger partial charge in [0.2, 0.25) is 0 Å². The van der Waals surface area contributed by atoms with E-state index in [9.17, 15) is 0 Å². The maximum Gasteiger partial charge on any atom is 0.126 e. The minimum Gasteiger partial charge on any atom is -0.490 e. The molecule has 2 fully saturated rings. The zero-order chi connectivity index (χ0) is 26.3. The van der Waals surface area contributed by atoms with Crippen molar-refractivity contribution in [2.75, 3.05) is 13.2 Å². The molecule has 0 radical (unpaired) electrons. The van der Waals surface area contributed by atoms with E-state index in [-0.39, 0.29) is 12.2 Å². The van der Waals surface area contributed by atoms with Crippen LogP contribution in [0.2, 0.25) is 0 Å². The highest BCUT2D eigenvalue weighted by Gasteiger charge is 2.36. The van der Waals surface area contributed by atoms with E-state index >= 15 is 0 Å². The highest BCUT2D eigenvalue weighted by molar-refractivity contribution is 5.72. The predicted molar refractivity (Wildman–Crippen MR) is 148 cm³/mol. The van der Waals surface area contributed by atoms with Crippen LogP contribution in [0.3, 0.4) is 0 Å². The standard InChI is InChI=1S/C32H46O4/c1-17(2)25-11-23(12-26(18(3)4)31(25)33-15-29-21(9)35-29)24-13-27(19(5)6)32(28(14-24)20(7)8)34-16-30-22(10)36-30/h11-14,17-22,29-30H,15-16H2,1-10H3. The van der Waals surface area contributed by atoms with E-state index < -0.39 is 0 Å². The van der Waals surface area contributed by atoms with Crippen molar-refractivity contribution in [3.05, 3.63) is 46.5 Å². The molecule has 4 atom stereocenters. The molecule has 0 aromatic heterocycles. The normalized spacial score (nSPS) is 23.2. The first-order valence-electron chi connectivity index (χ1n) is 13.9. The van der Waals surface area contributed by atoms with Gasteiger partial charge in [0.25, 0.3) is 0 Å². The van der Waals surface area contributed by atoms with Crippen LogP contribution in [0.4, 0.5) is 0 Å². The van der Waals surface area contributed by atoms with Crippen LogP contribution in [0.25, 0.3) is 11.1 Å². The lowest BCUT2D eigenvalue weighted by Crippen LogP contribution is -2.12. The molecule has 0 amide bonds. The molecule has 4 nitrogen and oxygen atoms in total. The van der Waals surface area contributed by atoms with Crippen molar-refractivity contribution in [1.29, 1.82) is 0 Å². The molecule has 2 saturated heterocycles. The first kappa shape index (κ1) is 27.0. The Balaban J connectivity index is 1.78. The van der Waals surface area contributed by atoms with E-state index in [1.54, 1.807) is 0 Å². The van der Waals surface area contributed by atoms with Gasteiger partial charge in [0, 0.05) is 0 Å². The van der Waals surface area contributed by atoms with Crippen molar-refractivity contribution < 1.29 is 18.9 Å². The molecule has 4 heteroatoms. The monoisotopic (exact) mass is 494 g/mol. The third-order valence-electron chi connectivity index (χ3n) is 7.57. The summed E-state index contributed by atoms with van der Waals surface area (Å²) in [4.78, 5) is 0. The minimum atomic E-state index is 0.212. The molecule has 0 saturated carbocycles. The van der Waals surface area contributed by atoms with Gasteiger partial charge < -0.3 is 18.9 Å². The van der Waals surface area contributed by atoms with E-state index in [4.69, 9.17) is 18.9 Å². The second kappa shape index (κ2) is 10.8. The lowest BCUT2D eigenvalue weighted by Gasteiger charge is -2.24. The summed E-state index contributed by atoms with van der Waals surface area (Å²) < 4.78 is 24.1. The molecule has 2 aliphatic heterocycles. The van der Waals surface area contributed by atoms with Gasteiger partial charge >= 0.3 is 0 Å². The zero-order valence-corrected chi connectivity index (χ0v) is 24.0. The van der Waals surface area contributed by atoms with Gasteiger partial charge in [-0.15, -0.1) is 0 Å². The lowest BCUT2D eigenvalue weighted by molar-refractivity contribution is 0.255. The summed E-state index contributed by atoms with van der Waals surface area (Å²) in [6.45, 7) is 23.5. The average molecular weight is 495 g/mol. The Morgan fingerprint density at radius 2 is 0.806 bits per heavy atom. The molecule has 0 aliphatic carbocycles. The molecule has 198 valence electrons. The van der Waals surface area contributed by atoms with E-state index in [0.29, 0.717) is 49.1 Å². The van der Waals surface area contributed by atoms with Crippen molar-refractivity contribution >= 4 is 0 Å². The summed E-state index contributed by atoms with van der Waals surface area (Å²) in [5.41, 5.74) is 7.56. The molecule has 2 aliphatic rings. The number of hydrogen-bond donors (Lipinski definition) is 0. The van der Waals surface area contributed by atoms with E-state index in [2.05, 4.69) is 93.5 Å². The number of benzene rings is 2. The molecule has 2 heterocycles. The summed E-state index contributed by atoms with van der Waals surface area (Å²) >= 11 is 0. The van der Waals surface area contributed by atoms with Crippen molar-refractivity contribution in [2.45, 2.75) is 117 Å². The van der Waals surface area contributed by atoms with E-state index in [1.165, 1.54) is 33.4 Å². The maximum absolute atomic E-state index is 6.43. The highest BCUT2D eigenvalue weighted by atomic mass is 16.6. The molecule has 0 spiro atoms. The second-order valence-corrected chi connectivity index (χ2v) is 12.0. The Bertz CT molecular complexity index is 924. The molecule has 4 rings (SSSR count). The third-order valence-corrected chi connectivity index (χ3v) is 7.57. The third kappa shape index (κ3) is 5.92. The Kier molecular flexibility index (Phi) is 8.07. The van der Waals surface area contributed by atoms with E-state index in [0.717, 1.165) is 11.5 Å². The second-order valence-electron chi connectivity index (χ2n) is 12.0. The fourth-order valence-corrected chi connectivity index (χ4v) is 4.87. The average Bonchev–Trinajstić information content (AvgIpc) is 3.72. The van der Waals surface area contributed by atoms with Crippen LogP contribution >= 0.6 is 0 Å². The summed E-state index contributed by atoms with van der Waals surface area (Å²) in [6, 6.07) is 9.36. The Hall–Kier alpha value is -2.04. The molecule has 2 aromatic rings. The van der Waals surface area contributed by atoms with Crippen LogP contribution in [0.15, 0.2) is 24.3 Å². The fraction of sp³-hybridized carbons (Fsp3) is 0.625. The molecule has 0 bridgehead atoms. The van der Waals surface area contributed by atoms with Crippen LogP contribution in [-0.4, -0.2) is 37.6 Å². The first-order valence-corrected chi connectivity index (χ1v) is 13.9. The van der Waals surface area contributed by atoms with E-state index in [1.807, 2.05) is 0 Å². The van der Waals surface area contributed by atoms with Crippen molar-refractivity contribution in [3.8, 4) is 22.6 Å². The molecule has 36 heavy (non-hydrogen) atoms. The Morgan fingerprint density at radius 3 is 1.00 bits per heavy atom. The van der Waals surface area contributed by atoms with Crippen LogP contribution < -0.4 is 9.47 Å². The molecule has 2 aromatic carbocycles. The number of ether oxygens (including phenoxy) is 4. The molecule has 4 unspecified atom stereocenters. The van der Waals surface area contributed by atoms with Gasteiger partial charge in [0.1, 0.15) is 36.9 Å². The van der Waals surface area contributed by atoms with Gasteiger partial charge in [-0.3, -0.25) is 0 Å². The van der Waals surface area contributed by atoms with Crippen LogP contribution in [-0.2, 0) is 9.47 Å². The number of rotatable bonds is 11. The Labute approximate surface area is 218 Å². The van der Waals surface area contributed by atoms with Crippen molar-refractivity contribution in [2.24, 2.45) is 0 Å². The topological polar surface area (TPSA) is 43.5 Å². The van der Waals surface area contributed by atoms with Gasteiger partial charge in [-0.25, -0.2) is 0 Å². The molecule has 0 N–H and O–H groups in total. The highest BCUT2D eigenvalue weighted by Crippen LogP contribution is 2.43. The van der Waals surface area contributed by atoms with Crippen molar-refractivity contribution in [3.63, 3.8) is 0 Å². The minimum absolute atomic E-state index is 0.212. The number of epoxide rings is 2. The van der Waals surface area contributed by atoms with Gasteiger partial charge in [-0.05, 0) is 95.2 Å². The predicted octanol–water partition coefficient (Wildman–Crippen LogP) is 8.18. The largest absolute Gasteiger partial charge is 0.490 e. The van der Waals surface area contributed by atoms with Gasteiger partial charge in [-0.1, -0.05) is 55.4 Å². The maximum atomic E-state index is 6.43. The van der Waals surface area contributed by atoms with Gasteiger partial charge in [0.05, 0.1) is 12.2 Å². The van der Waals surface area contributed by atoms with Crippen molar-refractivity contribution in [1.82, 2.24) is 0 Å². The van der Waals surface area contributed by atoms with Gasteiger partial charge in [-0.2, -0.15) is 0 Å². The van der Waals surface area contributed by atoms with Crippen LogP contribution in [0, 0.1) is 0 Å². The fourth-order valence-electron chi connectivity index (χ4n) is 4.87. The summed E-state index contributed by atoms with van der Waals surface area (Å²) in [6.07, 6.45) is 1.02. The summed E-state index contributed by atoms with van der Waals surface area (Å²) in [5, 5.41) is 0. The van der Waals surface area contributed by atoms with Crippen LogP contribution in [0.5, 0.6) is 11.5 Å². The Morgan fingerprint density at radius 1 is 0.556 bits per heavy atom.